The van der Waals surface area contributed by atoms with E-state index < -0.39 is 28.5 Å². The molecule has 0 fully saturated rings. The van der Waals surface area contributed by atoms with Crippen LogP contribution in [0.15, 0.2) is 28.5 Å². The zero-order chi connectivity index (χ0) is 21.8. The standard InChI is InChI=1S/C16H17ClN4O6S2/c1-9(22)18-16-20-12(8-28-16)15(24)27-7-14(23)19-10-4-5-11(17)13(6-10)29(25,26)21(2)3/h4-6,8H,7H2,1-3H3,(H,19,23)(H,18,20,22). The van der Waals surface area contributed by atoms with Crippen molar-refractivity contribution in [2.24, 2.45) is 0 Å². The van der Waals surface area contributed by atoms with Crippen molar-refractivity contribution in [3.8, 4) is 0 Å². The van der Waals surface area contributed by atoms with E-state index in [0.717, 1.165) is 15.6 Å². The van der Waals surface area contributed by atoms with Gasteiger partial charge in [-0.1, -0.05) is 11.6 Å². The lowest BCUT2D eigenvalue weighted by molar-refractivity contribution is -0.119. The summed E-state index contributed by atoms with van der Waals surface area (Å²) >= 11 is 6.98. The van der Waals surface area contributed by atoms with Gasteiger partial charge < -0.3 is 15.4 Å². The molecule has 0 aliphatic carbocycles. The summed E-state index contributed by atoms with van der Waals surface area (Å²) in [7, 11) is -1.10. The molecule has 1 aromatic heterocycles. The number of halogens is 1. The number of carbonyl (C=O) groups excluding carboxylic acids is 3. The number of hydrogen-bond acceptors (Lipinski definition) is 8. The van der Waals surface area contributed by atoms with Crippen LogP contribution in [0.4, 0.5) is 10.8 Å². The van der Waals surface area contributed by atoms with E-state index in [1.165, 1.54) is 44.6 Å². The Kier molecular flexibility index (Phi) is 7.30. The molecule has 156 valence electrons. The summed E-state index contributed by atoms with van der Waals surface area (Å²) in [6, 6.07) is 3.95. The van der Waals surface area contributed by atoms with E-state index >= 15 is 0 Å². The number of thiazole rings is 1. The van der Waals surface area contributed by atoms with Crippen LogP contribution in [0, 0.1) is 0 Å². The molecule has 2 amide bonds. The monoisotopic (exact) mass is 460 g/mol. The van der Waals surface area contributed by atoms with Crippen LogP contribution in [0.3, 0.4) is 0 Å². The lowest BCUT2D eigenvalue weighted by Crippen LogP contribution is -2.23. The second-order valence-electron chi connectivity index (χ2n) is 5.78. The SMILES string of the molecule is CC(=O)Nc1nc(C(=O)OCC(=O)Nc2ccc(Cl)c(S(=O)(=O)N(C)C)c2)cs1. The number of nitrogens with zero attached hydrogens (tertiary/aromatic N) is 2. The van der Waals surface area contributed by atoms with Crippen molar-refractivity contribution < 1.29 is 27.5 Å². The van der Waals surface area contributed by atoms with Gasteiger partial charge in [-0.25, -0.2) is 22.5 Å². The minimum absolute atomic E-state index is 0.00151. The molecule has 0 radical (unpaired) electrons. The molecule has 0 atom stereocenters. The predicted octanol–water partition coefficient (Wildman–Crippen LogP) is 1.80. The van der Waals surface area contributed by atoms with Gasteiger partial charge in [-0.05, 0) is 18.2 Å². The van der Waals surface area contributed by atoms with Gasteiger partial charge in [0.15, 0.2) is 17.4 Å². The third kappa shape index (κ3) is 5.97. The highest BCUT2D eigenvalue weighted by Gasteiger charge is 2.22. The third-order valence-electron chi connectivity index (χ3n) is 3.30. The molecular weight excluding hydrogens is 444 g/mol. The minimum Gasteiger partial charge on any atom is -0.451 e. The predicted molar refractivity (Wildman–Crippen MR) is 108 cm³/mol. The van der Waals surface area contributed by atoms with E-state index in [2.05, 4.69) is 15.6 Å². The summed E-state index contributed by atoms with van der Waals surface area (Å²) in [5.74, 6) is -1.87. The van der Waals surface area contributed by atoms with Crippen LogP contribution in [-0.4, -0.2) is 56.2 Å². The Balaban J connectivity index is 2.00. The van der Waals surface area contributed by atoms with Crippen LogP contribution >= 0.6 is 22.9 Å². The molecule has 2 rings (SSSR count). The van der Waals surface area contributed by atoms with E-state index in [0.29, 0.717) is 0 Å². The van der Waals surface area contributed by atoms with Crippen LogP contribution in [0.2, 0.25) is 5.02 Å². The van der Waals surface area contributed by atoms with Crippen molar-refractivity contribution in [1.29, 1.82) is 0 Å². The van der Waals surface area contributed by atoms with E-state index in [1.54, 1.807) is 0 Å². The highest BCUT2D eigenvalue weighted by molar-refractivity contribution is 7.89. The third-order valence-corrected chi connectivity index (χ3v) is 6.36. The van der Waals surface area contributed by atoms with Crippen LogP contribution in [-0.2, 0) is 24.3 Å². The van der Waals surface area contributed by atoms with Gasteiger partial charge in [0.05, 0.1) is 5.02 Å². The number of ether oxygens (including phenoxy) is 1. The fourth-order valence-corrected chi connectivity index (χ4v) is 4.07. The maximum absolute atomic E-state index is 12.3. The van der Waals surface area contributed by atoms with Crippen LogP contribution in [0.5, 0.6) is 0 Å². The number of sulfonamides is 1. The molecule has 0 aliphatic heterocycles. The fraction of sp³-hybridized carbons (Fsp3) is 0.250. The van der Waals surface area contributed by atoms with Gasteiger partial charge in [0.1, 0.15) is 4.90 Å². The lowest BCUT2D eigenvalue weighted by atomic mass is 10.3. The molecule has 10 nitrogen and oxygen atoms in total. The molecule has 0 aliphatic rings. The molecule has 2 N–H and O–H groups in total. The Bertz CT molecular complexity index is 1050. The zero-order valence-electron chi connectivity index (χ0n) is 15.6. The molecule has 0 saturated carbocycles. The first kappa shape index (κ1) is 22.7. The Hall–Kier alpha value is -2.54. The fourth-order valence-electron chi connectivity index (χ4n) is 1.95. The van der Waals surface area contributed by atoms with Crippen molar-refractivity contribution in [1.82, 2.24) is 9.29 Å². The quantitative estimate of drug-likeness (QED) is 0.601. The summed E-state index contributed by atoms with van der Waals surface area (Å²) < 4.78 is 30.4. The smallest absolute Gasteiger partial charge is 0.358 e. The minimum atomic E-state index is -3.81. The summed E-state index contributed by atoms with van der Waals surface area (Å²) in [6.45, 7) is 0.680. The Labute approximate surface area is 175 Å². The molecule has 0 unspecified atom stereocenters. The molecule has 29 heavy (non-hydrogen) atoms. The molecule has 0 bridgehead atoms. The van der Waals surface area contributed by atoms with Gasteiger partial charge in [-0.3, -0.25) is 9.59 Å². The van der Waals surface area contributed by atoms with Gasteiger partial charge in [-0.2, -0.15) is 0 Å². The van der Waals surface area contributed by atoms with Crippen molar-refractivity contribution >= 4 is 61.6 Å². The second kappa shape index (κ2) is 9.31. The van der Waals surface area contributed by atoms with E-state index in [9.17, 15) is 22.8 Å². The number of amides is 2. The topological polar surface area (TPSA) is 135 Å². The Morgan fingerprint density at radius 1 is 1.24 bits per heavy atom. The number of carbonyl (C=O) groups is 3. The Morgan fingerprint density at radius 3 is 2.55 bits per heavy atom. The first-order chi connectivity index (χ1) is 13.5. The first-order valence-electron chi connectivity index (χ1n) is 7.93. The van der Waals surface area contributed by atoms with Gasteiger partial charge in [0.2, 0.25) is 15.9 Å². The van der Waals surface area contributed by atoms with Crippen molar-refractivity contribution in [3.63, 3.8) is 0 Å². The number of anilines is 2. The number of hydrogen-bond donors (Lipinski definition) is 2. The number of rotatable bonds is 7. The van der Waals surface area contributed by atoms with Gasteiger partial charge in [-0.15, -0.1) is 11.3 Å². The molecule has 1 heterocycles. The van der Waals surface area contributed by atoms with Crippen molar-refractivity contribution in [2.75, 3.05) is 31.3 Å². The molecular formula is C16H17ClN4O6S2. The molecule has 13 heteroatoms. The van der Waals surface area contributed by atoms with Gasteiger partial charge in [0, 0.05) is 32.1 Å². The average molecular weight is 461 g/mol. The second-order valence-corrected chi connectivity index (χ2v) is 9.16. The average Bonchev–Trinajstić information content (AvgIpc) is 3.08. The molecule has 0 spiro atoms. The maximum Gasteiger partial charge on any atom is 0.358 e. The van der Waals surface area contributed by atoms with Crippen LogP contribution in [0.25, 0.3) is 0 Å². The summed E-state index contributed by atoms with van der Waals surface area (Å²) in [6.07, 6.45) is 0. The normalized spacial score (nSPS) is 11.2. The summed E-state index contributed by atoms with van der Waals surface area (Å²) in [5.41, 5.74) is 0.106. The van der Waals surface area contributed by atoms with Crippen LogP contribution < -0.4 is 10.6 Å². The number of esters is 1. The number of nitrogens with one attached hydrogen (secondary N) is 2. The van der Waals surface area contributed by atoms with Gasteiger partial charge >= 0.3 is 5.97 Å². The molecule has 1 aromatic carbocycles. The largest absolute Gasteiger partial charge is 0.451 e. The van der Waals surface area contributed by atoms with Gasteiger partial charge in [0.25, 0.3) is 5.91 Å². The molecule has 0 saturated heterocycles. The maximum atomic E-state index is 12.3. The number of aromatic nitrogens is 1. The van der Waals surface area contributed by atoms with Crippen molar-refractivity contribution in [3.05, 3.63) is 34.3 Å². The lowest BCUT2D eigenvalue weighted by Gasteiger charge is -2.14. The van der Waals surface area contributed by atoms with E-state index in [-0.39, 0.29) is 32.3 Å². The van der Waals surface area contributed by atoms with Crippen molar-refractivity contribution in [2.45, 2.75) is 11.8 Å². The van der Waals surface area contributed by atoms with Crippen LogP contribution in [0.1, 0.15) is 17.4 Å². The first-order valence-corrected chi connectivity index (χ1v) is 10.6. The summed E-state index contributed by atoms with van der Waals surface area (Å²) in [4.78, 5) is 38.6. The summed E-state index contributed by atoms with van der Waals surface area (Å²) in [5, 5.41) is 6.46. The highest BCUT2D eigenvalue weighted by atomic mass is 35.5. The zero-order valence-corrected chi connectivity index (χ0v) is 17.9. The Morgan fingerprint density at radius 2 is 1.93 bits per heavy atom. The van der Waals surface area contributed by atoms with E-state index in [1.807, 2.05) is 0 Å². The van der Waals surface area contributed by atoms with E-state index in [4.69, 9.17) is 16.3 Å². The highest BCUT2D eigenvalue weighted by Crippen LogP contribution is 2.26. The molecule has 2 aromatic rings. The number of benzene rings is 1.